The number of nitrogens with two attached hydrogens (primary N) is 1. The Morgan fingerprint density at radius 1 is 1.44 bits per heavy atom. The van der Waals surface area contributed by atoms with Gasteiger partial charge in [0.05, 0.1) is 4.88 Å². The summed E-state index contributed by atoms with van der Waals surface area (Å²) in [5.74, 6) is 0.820. The number of thiophene rings is 1. The lowest BCUT2D eigenvalue weighted by molar-refractivity contribution is 0.781. The Labute approximate surface area is 112 Å². The molecule has 0 aromatic carbocycles. The molecule has 18 heavy (non-hydrogen) atoms. The largest absolute Gasteiger partial charge is 0.384 e. The van der Waals surface area contributed by atoms with E-state index in [4.69, 9.17) is 5.73 Å². The highest BCUT2D eigenvalue weighted by atomic mass is 32.1. The second-order valence-electron chi connectivity index (χ2n) is 5.00. The molecule has 2 aromatic rings. The SMILES string of the molecule is CCCc1c(-c2cc3c(s2)CCC3)nn(C)c1N. The average molecular weight is 261 g/mol. The van der Waals surface area contributed by atoms with Gasteiger partial charge in [0.2, 0.25) is 0 Å². The summed E-state index contributed by atoms with van der Waals surface area (Å²) in [6, 6.07) is 2.33. The van der Waals surface area contributed by atoms with E-state index >= 15 is 0 Å². The molecule has 3 rings (SSSR count). The Bertz CT molecular complexity index is 559. The monoisotopic (exact) mass is 261 g/mol. The van der Waals surface area contributed by atoms with E-state index in [-0.39, 0.29) is 0 Å². The lowest BCUT2D eigenvalue weighted by Crippen LogP contribution is -1.99. The van der Waals surface area contributed by atoms with Crippen LogP contribution >= 0.6 is 11.3 Å². The van der Waals surface area contributed by atoms with Crippen LogP contribution in [0.2, 0.25) is 0 Å². The van der Waals surface area contributed by atoms with Crippen LogP contribution in [0.5, 0.6) is 0 Å². The normalized spacial score (nSPS) is 14.1. The Hall–Kier alpha value is -1.29. The van der Waals surface area contributed by atoms with Gasteiger partial charge in [-0.25, -0.2) is 0 Å². The molecule has 2 aromatic heterocycles. The molecule has 0 amide bonds. The maximum Gasteiger partial charge on any atom is 0.125 e. The van der Waals surface area contributed by atoms with Gasteiger partial charge in [0.1, 0.15) is 11.5 Å². The van der Waals surface area contributed by atoms with Crippen LogP contribution < -0.4 is 5.73 Å². The van der Waals surface area contributed by atoms with Crippen LogP contribution in [0.4, 0.5) is 5.82 Å². The first-order valence-electron chi connectivity index (χ1n) is 6.64. The van der Waals surface area contributed by atoms with Crippen molar-refractivity contribution in [1.29, 1.82) is 0 Å². The molecule has 96 valence electrons. The molecule has 2 N–H and O–H groups in total. The van der Waals surface area contributed by atoms with Crippen LogP contribution in [0, 0.1) is 0 Å². The zero-order chi connectivity index (χ0) is 12.7. The summed E-state index contributed by atoms with van der Waals surface area (Å²) in [4.78, 5) is 2.85. The molecule has 0 atom stereocenters. The van der Waals surface area contributed by atoms with Crippen LogP contribution in [-0.2, 0) is 26.3 Å². The van der Waals surface area contributed by atoms with E-state index in [1.165, 1.54) is 35.3 Å². The minimum absolute atomic E-state index is 0.820. The zero-order valence-corrected chi connectivity index (χ0v) is 11.8. The number of aromatic nitrogens is 2. The molecule has 0 saturated carbocycles. The molecule has 0 spiro atoms. The standard InChI is InChI=1S/C14H19N3S/c1-3-5-10-13(16-17(2)14(10)15)12-8-9-6-4-7-11(9)18-12/h8H,3-7,15H2,1-2H3. The van der Waals surface area contributed by atoms with Gasteiger partial charge >= 0.3 is 0 Å². The van der Waals surface area contributed by atoms with Crippen LogP contribution in [0.15, 0.2) is 6.07 Å². The maximum absolute atomic E-state index is 6.12. The summed E-state index contributed by atoms with van der Waals surface area (Å²) < 4.78 is 1.81. The third kappa shape index (κ3) is 1.75. The molecule has 4 heteroatoms. The van der Waals surface area contributed by atoms with Gasteiger partial charge in [-0.2, -0.15) is 5.10 Å². The molecular weight excluding hydrogens is 242 g/mol. The van der Waals surface area contributed by atoms with Crippen LogP contribution in [0.25, 0.3) is 10.6 Å². The van der Waals surface area contributed by atoms with Crippen molar-refractivity contribution in [2.24, 2.45) is 7.05 Å². The average Bonchev–Trinajstić information content (AvgIpc) is 2.98. The number of rotatable bonds is 3. The van der Waals surface area contributed by atoms with Gasteiger partial charge in [-0.05, 0) is 37.3 Å². The first kappa shape index (κ1) is 11.8. The van der Waals surface area contributed by atoms with Crippen LogP contribution in [0.3, 0.4) is 0 Å². The molecule has 0 bridgehead atoms. The summed E-state index contributed by atoms with van der Waals surface area (Å²) in [7, 11) is 1.93. The van der Waals surface area contributed by atoms with E-state index in [9.17, 15) is 0 Å². The summed E-state index contributed by atoms with van der Waals surface area (Å²) in [6.45, 7) is 2.19. The molecule has 0 fully saturated rings. The predicted molar refractivity (Wildman–Crippen MR) is 77.0 cm³/mol. The number of hydrogen-bond donors (Lipinski definition) is 1. The summed E-state index contributed by atoms with van der Waals surface area (Å²) >= 11 is 1.91. The third-order valence-corrected chi connectivity index (χ3v) is 4.92. The Morgan fingerprint density at radius 3 is 3.00 bits per heavy atom. The van der Waals surface area contributed by atoms with Gasteiger partial charge in [-0.15, -0.1) is 11.3 Å². The highest BCUT2D eigenvalue weighted by Gasteiger charge is 2.20. The van der Waals surface area contributed by atoms with Crippen molar-refractivity contribution >= 4 is 17.2 Å². The molecule has 0 aliphatic heterocycles. The van der Waals surface area contributed by atoms with Crippen molar-refractivity contribution in [3.63, 3.8) is 0 Å². The van der Waals surface area contributed by atoms with Crippen molar-refractivity contribution < 1.29 is 0 Å². The molecule has 3 nitrogen and oxygen atoms in total. The van der Waals surface area contributed by atoms with E-state index in [0.29, 0.717) is 0 Å². The fourth-order valence-electron chi connectivity index (χ4n) is 2.72. The highest BCUT2D eigenvalue weighted by Crippen LogP contribution is 2.38. The third-order valence-electron chi connectivity index (χ3n) is 3.67. The van der Waals surface area contributed by atoms with Crippen molar-refractivity contribution in [2.75, 3.05) is 5.73 Å². The first-order chi connectivity index (χ1) is 8.70. The fourth-order valence-corrected chi connectivity index (χ4v) is 3.99. The first-order valence-corrected chi connectivity index (χ1v) is 7.45. The summed E-state index contributed by atoms with van der Waals surface area (Å²) in [6.07, 6.45) is 5.90. The second-order valence-corrected chi connectivity index (χ2v) is 6.14. The number of anilines is 1. The fraction of sp³-hybridized carbons (Fsp3) is 0.500. The number of nitrogen functional groups attached to an aromatic ring is 1. The van der Waals surface area contributed by atoms with Crippen molar-refractivity contribution in [3.05, 3.63) is 22.1 Å². The number of nitrogens with zero attached hydrogens (tertiary/aromatic N) is 2. The van der Waals surface area contributed by atoms with Crippen molar-refractivity contribution in [3.8, 4) is 10.6 Å². The number of hydrogen-bond acceptors (Lipinski definition) is 3. The Kier molecular flexibility index (Phi) is 2.90. The van der Waals surface area contributed by atoms with Gasteiger partial charge in [0.25, 0.3) is 0 Å². The molecular formula is C14H19N3S. The van der Waals surface area contributed by atoms with E-state index in [0.717, 1.165) is 24.4 Å². The van der Waals surface area contributed by atoms with E-state index in [1.807, 2.05) is 23.1 Å². The van der Waals surface area contributed by atoms with E-state index in [2.05, 4.69) is 18.1 Å². The molecule has 0 unspecified atom stereocenters. The van der Waals surface area contributed by atoms with Gasteiger partial charge in [-0.3, -0.25) is 4.68 Å². The Balaban J connectivity index is 2.07. The lowest BCUT2D eigenvalue weighted by atomic mass is 10.1. The van der Waals surface area contributed by atoms with E-state index in [1.54, 1.807) is 4.88 Å². The van der Waals surface area contributed by atoms with Gasteiger partial charge in [0.15, 0.2) is 0 Å². The molecule has 1 aliphatic carbocycles. The molecule has 0 radical (unpaired) electrons. The minimum Gasteiger partial charge on any atom is -0.384 e. The predicted octanol–water partition coefficient (Wildman–Crippen LogP) is 3.17. The molecule has 1 aliphatic rings. The van der Waals surface area contributed by atoms with Gasteiger partial charge in [0, 0.05) is 17.5 Å². The topological polar surface area (TPSA) is 43.8 Å². The maximum atomic E-state index is 6.12. The highest BCUT2D eigenvalue weighted by molar-refractivity contribution is 7.15. The minimum atomic E-state index is 0.820. The lowest BCUT2D eigenvalue weighted by Gasteiger charge is -2.00. The summed E-state index contributed by atoms with van der Waals surface area (Å²) in [5.41, 5.74) is 9.98. The number of fused-ring (bicyclic) bond motifs is 1. The molecule has 0 saturated heterocycles. The van der Waals surface area contributed by atoms with E-state index < -0.39 is 0 Å². The van der Waals surface area contributed by atoms with Gasteiger partial charge < -0.3 is 5.73 Å². The van der Waals surface area contributed by atoms with Crippen molar-refractivity contribution in [1.82, 2.24) is 9.78 Å². The zero-order valence-electron chi connectivity index (χ0n) is 11.0. The van der Waals surface area contributed by atoms with Crippen LogP contribution in [0.1, 0.15) is 35.8 Å². The van der Waals surface area contributed by atoms with Gasteiger partial charge in [-0.1, -0.05) is 13.3 Å². The molecule has 2 heterocycles. The quantitative estimate of drug-likeness (QED) is 0.922. The number of aryl methyl sites for hydroxylation is 3. The summed E-state index contributed by atoms with van der Waals surface area (Å²) in [5, 5.41) is 4.61. The second kappa shape index (κ2) is 4.43. The smallest absolute Gasteiger partial charge is 0.125 e. The Morgan fingerprint density at radius 2 is 2.28 bits per heavy atom. The van der Waals surface area contributed by atoms with Crippen molar-refractivity contribution in [2.45, 2.75) is 39.0 Å². The van der Waals surface area contributed by atoms with Crippen LogP contribution in [-0.4, -0.2) is 9.78 Å².